The van der Waals surface area contributed by atoms with E-state index in [9.17, 15) is 4.79 Å². The van der Waals surface area contributed by atoms with E-state index in [1.54, 1.807) is 25.6 Å². The van der Waals surface area contributed by atoms with Crippen LogP contribution in [0.5, 0.6) is 11.5 Å². The standard InChI is InChI=1S/C19H23N3O3S/c1-24-12-6-7-13(15(10-12)25-2)14-11-16(23)20-18-17(14)26-19(21-18)22-8-4-3-5-9-22/h6-7,10,14H,3-5,8-9,11H2,1-2H3,(H,20,23). The Labute approximate surface area is 157 Å². The van der Waals surface area contributed by atoms with Gasteiger partial charge in [0.05, 0.1) is 19.1 Å². The van der Waals surface area contributed by atoms with Gasteiger partial charge in [-0.3, -0.25) is 4.79 Å². The Balaban J connectivity index is 1.73. The molecule has 0 radical (unpaired) electrons. The summed E-state index contributed by atoms with van der Waals surface area (Å²) in [6.07, 6.45) is 4.08. The van der Waals surface area contributed by atoms with Crippen molar-refractivity contribution in [3.05, 3.63) is 28.6 Å². The summed E-state index contributed by atoms with van der Waals surface area (Å²) in [5.41, 5.74) is 0.998. The highest BCUT2D eigenvalue weighted by atomic mass is 32.1. The molecule has 0 saturated carbocycles. The second-order valence-corrected chi connectivity index (χ2v) is 7.68. The van der Waals surface area contributed by atoms with Crippen LogP contribution in [0.25, 0.3) is 0 Å². The molecule has 2 aliphatic heterocycles. The molecule has 138 valence electrons. The number of thiazole rings is 1. The van der Waals surface area contributed by atoms with Crippen LogP contribution in [0.4, 0.5) is 10.9 Å². The number of ether oxygens (including phenoxy) is 2. The molecule has 6 nitrogen and oxygen atoms in total. The Bertz CT molecular complexity index is 814. The molecule has 0 spiro atoms. The van der Waals surface area contributed by atoms with Gasteiger partial charge < -0.3 is 19.7 Å². The van der Waals surface area contributed by atoms with Crippen molar-refractivity contribution < 1.29 is 14.3 Å². The first-order valence-electron chi connectivity index (χ1n) is 8.97. The Morgan fingerprint density at radius 3 is 2.73 bits per heavy atom. The van der Waals surface area contributed by atoms with Crippen molar-refractivity contribution >= 4 is 28.2 Å². The van der Waals surface area contributed by atoms with Crippen LogP contribution in [-0.2, 0) is 4.79 Å². The lowest BCUT2D eigenvalue weighted by molar-refractivity contribution is -0.116. The number of hydrogen-bond donors (Lipinski definition) is 1. The summed E-state index contributed by atoms with van der Waals surface area (Å²) in [5.74, 6) is 2.13. The molecule has 3 heterocycles. The summed E-state index contributed by atoms with van der Waals surface area (Å²) >= 11 is 1.69. The minimum absolute atomic E-state index is 0.00383. The predicted molar refractivity (Wildman–Crippen MR) is 103 cm³/mol. The number of nitrogens with one attached hydrogen (secondary N) is 1. The van der Waals surface area contributed by atoms with Crippen LogP contribution >= 0.6 is 11.3 Å². The molecule has 26 heavy (non-hydrogen) atoms. The highest BCUT2D eigenvalue weighted by Crippen LogP contribution is 2.46. The van der Waals surface area contributed by atoms with Crippen LogP contribution in [0.3, 0.4) is 0 Å². The second kappa shape index (κ2) is 7.15. The largest absolute Gasteiger partial charge is 0.497 e. The molecular formula is C19H23N3O3S. The number of methoxy groups -OCH3 is 2. The van der Waals surface area contributed by atoms with Gasteiger partial charge in [-0.15, -0.1) is 0 Å². The minimum Gasteiger partial charge on any atom is -0.497 e. The molecule has 1 unspecified atom stereocenters. The van der Waals surface area contributed by atoms with Gasteiger partial charge in [-0.1, -0.05) is 17.4 Å². The van der Waals surface area contributed by atoms with Crippen molar-refractivity contribution in [2.75, 3.05) is 37.5 Å². The Kier molecular flexibility index (Phi) is 4.72. The number of benzene rings is 1. The van der Waals surface area contributed by atoms with Gasteiger partial charge in [0.1, 0.15) is 17.3 Å². The van der Waals surface area contributed by atoms with Gasteiger partial charge in [-0.05, 0) is 25.3 Å². The van der Waals surface area contributed by atoms with Crippen LogP contribution in [0, 0.1) is 0 Å². The number of anilines is 2. The van der Waals surface area contributed by atoms with Crippen LogP contribution in [0.2, 0.25) is 0 Å². The van der Waals surface area contributed by atoms with Crippen molar-refractivity contribution in [1.82, 2.24) is 4.98 Å². The maximum absolute atomic E-state index is 12.3. The SMILES string of the molecule is COc1ccc(C2CC(=O)Nc3nc(N4CCCCC4)sc32)c(OC)c1. The molecule has 1 aromatic carbocycles. The van der Waals surface area contributed by atoms with E-state index in [0.29, 0.717) is 12.2 Å². The summed E-state index contributed by atoms with van der Waals surface area (Å²) in [4.78, 5) is 20.5. The third-order valence-corrected chi connectivity index (χ3v) is 6.28. The first-order valence-corrected chi connectivity index (χ1v) is 9.78. The molecule has 1 saturated heterocycles. The van der Waals surface area contributed by atoms with E-state index in [1.165, 1.54) is 19.3 Å². The number of piperidine rings is 1. The highest BCUT2D eigenvalue weighted by Gasteiger charge is 2.33. The molecule has 1 N–H and O–H groups in total. The summed E-state index contributed by atoms with van der Waals surface area (Å²) in [6, 6.07) is 5.77. The summed E-state index contributed by atoms with van der Waals surface area (Å²) < 4.78 is 10.9. The molecule has 1 aromatic heterocycles. The van der Waals surface area contributed by atoms with Crippen molar-refractivity contribution in [2.24, 2.45) is 0 Å². The average molecular weight is 373 g/mol. The lowest BCUT2D eigenvalue weighted by Crippen LogP contribution is -2.29. The van der Waals surface area contributed by atoms with Crippen molar-refractivity contribution in [1.29, 1.82) is 0 Å². The number of amides is 1. The van der Waals surface area contributed by atoms with E-state index in [-0.39, 0.29) is 11.8 Å². The van der Waals surface area contributed by atoms with Gasteiger partial charge >= 0.3 is 0 Å². The fourth-order valence-electron chi connectivity index (χ4n) is 3.69. The predicted octanol–water partition coefficient (Wildman–Crippen LogP) is 3.62. The molecule has 4 rings (SSSR count). The number of hydrogen-bond acceptors (Lipinski definition) is 6. The quantitative estimate of drug-likeness (QED) is 0.887. The third-order valence-electron chi connectivity index (χ3n) is 5.05. The molecule has 7 heteroatoms. The van der Waals surface area contributed by atoms with E-state index in [4.69, 9.17) is 14.5 Å². The first kappa shape index (κ1) is 17.1. The Morgan fingerprint density at radius 1 is 1.19 bits per heavy atom. The molecule has 2 aromatic rings. The van der Waals surface area contributed by atoms with Crippen LogP contribution < -0.4 is 19.7 Å². The molecule has 1 fully saturated rings. The zero-order valence-electron chi connectivity index (χ0n) is 15.1. The maximum atomic E-state index is 12.3. The minimum atomic E-state index is -0.0457. The van der Waals surface area contributed by atoms with Crippen LogP contribution in [0.15, 0.2) is 18.2 Å². The fourth-order valence-corrected chi connectivity index (χ4v) is 4.88. The molecular weight excluding hydrogens is 350 g/mol. The second-order valence-electron chi connectivity index (χ2n) is 6.67. The van der Waals surface area contributed by atoms with Crippen LogP contribution in [-0.4, -0.2) is 38.2 Å². The first-order chi connectivity index (χ1) is 12.7. The number of nitrogens with zero attached hydrogens (tertiary/aromatic N) is 2. The number of fused-ring (bicyclic) bond motifs is 1. The van der Waals surface area contributed by atoms with Gasteiger partial charge in [-0.2, -0.15) is 0 Å². The normalized spacial score (nSPS) is 19.7. The van der Waals surface area contributed by atoms with E-state index in [2.05, 4.69) is 10.2 Å². The number of aromatic nitrogens is 1. The Morgan fingerprint density at radius 2 is 2.00 bits per heavy atom. The van der Waals surface area contributed by atoms with Crippen LogP contribution in [0.1, 0.15) is 42.0 Å². The van der Waals surface area contributed by atoms with Gasteiger partial charge in [0.25, 0.3) is 0 Å². The van der Waals surface area contributed by atoms with E-state index < -0.39 is 0 Å². The third kappa shape index (κ3) is 3.11. The highest BCUT2D eigenvalue weighted by molar-refractivity contribution is 7.16. The average Bonchev–Trinajstić information content (AvgIpc) is 3.11. The topological polar surface area (TPSA) is 63.7 Å². The summed E-state index contributed by atoms with van der Waals surface area (Å²) in [5, 5.41) is 3.96. The zero-order chi connectivity index (χ0) is 18.1. The molecule has 0 aliphatic carbocycles. The summed E-state index contributed by atoms with van der Waals surface area (Å²) in [7, 11) is 3.28. The molecule has 1 atom stereocenters. The van der Waals surface area contributed by atoms with Crippen molar-refractivity contribution in [2.45, 2.75) is 31.6 Å². The van der Waals surface area contributed by atoms with Gasteiger partial charge in [0.15, 0.2) is 5.13 Å². The van der Waals surface area contributed by atoms with Gasteiger partial charge in [0.2, 0.25) is 5.91 Å². The fraction of sp³-hybridized carbons (Fsp3) is 0.474. The lowest BCUT2D eigenvalue weighted by atomic mass is 9.90. The Hall–Kier alpha value is -2.28. The van der Waals surface area contributed by atoms with Gasteiger partial charge in [-0.25, -0.2) is 4.98 Å². The zero-order valence-corrected chi connectivity index (χ0v) is 15.9. The van der Waals surface area contributed by atoms with E-state index in [0.717, 1.165) is 40.2 Å². The maximum Gasteiger partial charge on any atom is 0.226 e. The molecule has 1 amide bonds. The van der Waals surface area contributed by atoms with E-state index >= 15 is 0 Å². The number of carbonyl (C=O) groups excluding carboxylic acids is 1. The van der Waals surface area contributed by atoms with E-state index in [1.807, 2.05) is 18.2 Å². The lowest BCUT2D eigenvalue weighted by Gasteiger charge is -2.25. The number of carbonyl (C=O) groups is 1. The monoisotopic (exact) mass is 373 g/mol. The van der Waals surface area contributed by atoms with Gasteiger partial charge in [0, 0.05) is 37.1 Å². The van der Waals surface area contributed by atoms with Crippen molar-refractivity contribution in [3.8, 4) is 11.5 Å². The number of rotatable bonds is 4. The molecule has 2 aliphatic rings. The summed E-state index contributed by atoms with van der Waals surface area (Å²) in [6.45, 7) is 2.08. The smallest absolute Gasteiger partial charge is 0.226 e. The van der Waals surface area contributed by atoms with Crippen molar-refractivity contribution in [3.63, 3.8) is 0 Å². The molecule has 0 bridgehead atoms.